The molecule has 0 saturated carbocycles. The van der Waals surface area contributed by atoms with Gasteiger partial charge in [0.25, 0.3) is 10.0 Å². The van der Waals surface area contributed by atoms with E-state index in [-0.39, 0.29) is 35.7 Å². The molecule has 2 atom stereocenters. The quantitative estimate of drug-likeness (QED) is 0.166. The first-order chi connectivity index (χ1) is 22.0. The van der Waals surface area contributed by atoms with Crippen LogP contribution >= 0.6 is 0 Å². The molecule has 1 N–H and O–H groups in total. The van der Waals surface area contributed by atoms with E-state index in [1.165, 1.54) is 29.2 Å². The van der Waals surface area contributed by atoms with Crippen molar-refractivity contribution in [2.45, 2.75) is 70.0 Å². The SMILES string of the molecule is CC[C@@H](C)NC(=O)[C@@H](Cc1ccccc1)N(Cc1ccc(F)cc1)C(=O)CN(c1ccc(C(C)C)cc1)S(=O)(=O)c1ccccc1. The van der Waals surface area contributed by atoms with Crippen LogP contribution in [0.3, 0.4) is 0 Å². The van der Waals surface area contributed by atoms with Crippen LogP contribution in [0, 0.1) is 5.82 Å². The number of anilines is 1. The summed E-state index contributed by atoms with van der Waals surface area (Å²) < 4.78 is 43.2. The third-order valence-corrected chi connectivity index (χ3v) is 9.78. The molecule has 0 unspecified atom stereocenters. The third-order valence-electron chi connectivity index (χ3n) is 8.00. The number of amides is 2. The van der Waals surface area contributed by atoms with Crippen LogP contribution in [0.2, 0.25) is 0 Å². The van der Waals surface area contributed by atoms with Crippen LogP contribution in [0.15, 0.2) is 114 Å². The molecule has 4 aromatic carbocycles. The van der Waals surface area contributed by atoms with Gasteiger partial charge >= 0.3 is 0 Å². The molecule has 242 valence electrons. The highest BCUT2D eigenvalue weighted by Gasteiger charge is 2.35. The lowest BCUT2D eigenvalue weighted by molar-refractivity contribution is -0.140. The summed E-state index contributed by atoms with van der Waals surface area (Å²) in [4.78, 5) is 29.8. The fourth-order valence-corrected chi connectivity index (χ4v) is 6.49. The van der Waals surface area contributed by atoms with Crippen LogP contribution < -0.4 is 9.62 Å². The molecule has 0 aromatic heterocycles. The van der Waals surface area contributed by atoms with Gasteiger partial charge in [0.15, 0.2) is 0 Å². The maximum Gasteiger partial charge on any atom is 0.264 e. The lowest BCUT2D eigenvalue weighted by Gasteiger charge is -2.34. The van der Waals surface area contributed by atoms with Crippen molar-refractivity contribution in [3.63, 3.8) is 0 Å². The molecule has 4 rings (SSSR count). The molecule has 0 radical (unpaired) electrons. The second kappa shape index (κ2) is 15.7. The summed E-state index contributed by atoms with van der Waals surface area (Å²) in [6.45, 7) is 7.34. The fraction of sp³-hybridized carbons (Fsp3) is 0.297. The van der Waals surface area contributed by atoms with Crippen molar-refractivity contribution >= 4 is 27.5 Å². The van der Waals surface area contributed by atoms with E-state index in [0.29, 0.717) is 17.7 Å². The van der Waals surface area contributed by atoms with Gasteiger partial charge in [0.2, 0.25) is 11.8 Å². The lowest BCUT2D eigenvalue weighted by Crippen LogP contribution is -2.54. The Morgan fingerprint density at radius 2 is 1.37 bits per heavy atom. The van der Waals surface area contributed by atoms with Crippen molar-refractivity contribution in [3.8, 4) is 0 Å². The molecule has 0 fully saturated rings. The van der Waals surface area contributed by atoms with Crippen LogP contribution in [0.25, 0.3) is 0 Å². The zero-order chi connectivity index (χ0) is 33.3. The minimum absolute atomic E-state index is 0.0317. The molecular formula is C37H42FN3O4S. The molecule has 0 aliphatic carbocycles. The van der Waals surface area contributed by atoms with Gasteiger partial charge in [-0.3, -0.25) is 13.9 Å². The molecule has 4 aromatic rings. The number of halogens is 1. The first-order valence-electron chi connectivity index (χ1n) is 15.6. The Bertz CT molecular complexity index is 1680. The molecule has 2 amide bonds. The molecule has 0 heterocycles. The summed E-state index contributed by atoms with van der Waals surface area (Å²) in [5.74, 6) is -1.13. The Morgan fingerprint density at radius 3 is 1.93 bits per heavy atom. The normalized spacial score (nSPS) is 12.7. The average molecular weight is 644 g/mol. The van der Waals surface area contributed by atoms with Crippen molar-refractivity contribution in [2.75, 3.05) is 10.8 Å². The molecule has 7 nitrogen and oxygen atoms in total. The molecule has 9 heteroatoms. The molecule has 0 spiro atoms. The van der Waals surface area contributed by atoms with Crippen molar-refractivity contribution in [1.29, 1.82) is 0 Å². The van der Waals surface area contributed by atoms with Gasteiger partial charge in [-0.25, -0.2) is 12.8 Å². The van der Waals surface area contributed by atoms with Gasteiger partial charge in [0.1, 0.15) is 18.4 Å². The Morgan fingerprint density at radius 1 is 0.783 bits per heavy atom. The first kappa shape index (κ1) is 34.4. The van der Waals surface area contributed by atoms with E-state index >= 15 is 0 Å². The third kappa shape index (κ3) is 8.81. The zero-order valence-electron chi connectivity index (χ0n) is 26.8. The highest BCUT2D eigenvalue weighted by Crippen LogP contribution is 2.27. The van der Waals surface area contributed by atoms with Gasteiger partial charge in [-0.15, -0.1) is 0 Å². The van der Waals surface area contributed by atoms with E-state index < -0.39 is 34.3 Å². The summed E-state index contributed by atoms with van der Waals surface area (Å²) in [5, 5.41) is 3.01. The van der Waals surface area contributed by atoms with E-state index in [1.807, 2.05) is 70.2 Å². The highest BCUT2D eigenvalue weighted by atomic mass is 32.2. The number of benzene rings is 4. The largest absolute Gasteiger partial charge is 0.352 e. The highest BCUT2D eigenvalue weighted by molar-refractivity contribution is 7.92. The number of nitrogens with one attached hydrogen (secondary N) is 1. The number of carbonyl (C=O) groups excluding carboxylic acids is 2. The Hall–Kier alpha value is -4.50. The van der Waals surface area contributed by atoms with Gasteiger partial charge in [-0.1, -0.05) is 93.6 Å². The minimum Gasteiger partial charge on any atom is -0.352 e. The van der Waals surface area contributed by atoms with Gasteiger partial charge < -0.3 is 10.2 Å². The van der Waals surface area contributed by atoms with Crippen LogP contribution in [-0.2, 0) is 32.6 Å². The number of hydrogen-bond acceptors (Lipinski definition) is 4. The van der Waals surface area contributed by atoms with E-state index in [2.05, 4.69) is 5.32 Å². The topological polar surface area (TPSA) is 86.8 Å². The number of sulfonamides is 1. The average Bonchev–Trinajstić information content (AvgIpc) is 3.06. The standard InChI is InChI=1S/C37H42FN3O4S/c1-5-28(4)39-37(43)35(24-29-12-8-6-9-13-29)40(25-30-16-20-32(38)21-17-30)36(42)26-41(33-22-18-31(19-23-33)27(2)3)46(44,45)34-14-10-7-11-15-34/h6-23,27-28,35H,5,24-26H2,1-4H3,(H,39,43)/t28-,35-/m1/s1. The summed E-state index contributed by atoms with van der Waals surface area (Å²) in [6.07, 6.45) is 0.885. The van der Waals surface area contributed by atoms with Crippen LogP contribution in [0.4, 0.5) is 10.1 Å². The van der Waals surface area contributed by atoms with Crippen LogP contribution in [-0.4, -0.2) is 43.8 Å². The summed E-state index contributed by atoms with van der Waals surface area (Å²) in [7, 11) is -4.19. The van der Waals surface area contributed by atoms with E-state index in [9.17, 15) is 22.4 Å². The number of nitrogens with zero attached hydrogens (tertiary/aromatic N) is 2. The van der Waals surface area contributed by atoms with Crippen molar-refractivity contribution in [1.82, 2.24) is 10.2 Å². The fourth-order valence-electron chi connectivity index (χ4n) is 5.06. The molecular weight excluding hydrogens is 601 g/mol. The summed E-state index contributed by atoms with van der Waals surface area (Å²) in [5.41, 5.74) is 2.78. The second-order valence-corrected chi connectivity index (χ2v) is 13.6. The summed E-state index contributed by atoms with van der Waals surface area (Å²) >= 11 is 0. The Balaban J connectivity index is 1.80. The zero-order valence-corrected chi connectivity index (χ0v) is 27.6. The summed E-state index contributed by atoms with van der Waals surface area (Å²) in [6, 6.07) is 29.0. The van der Waals surface area contributed by atoms with Crippen LogP contribution in [0.1, 0.15) is 56.7 Å². The Kier molecular flexibility index (Phi) is 11.7. The van der Waals surface area contributed by atoms with Gasteiger partial charge in [0.05, 0.1) is 10.6 Å². The van der Waals surface area contributed by atoms with Crippen molar-refractivity contribution in [2.24, 2.45) is 0 Å². The van der Waals surface area contributed by atoms with E-state index in [1.54, 1.807) is 42.5 Å². The monoisotopic (exact) mass is 643 g/mol. The number of hydrogen-bond donors (Lipinski definition) is 1. The smallest absolute Gasteiger partial charge is 0.264 e. The predicted molar refractivity (Wildman–Crippen MR) is 180 cm³/mol. The van der Waals surface area contributed by atoms with Gasteiger partial charge in [-0.2, -0.15) is 0 Å². The van der Waals surface area contributed by atoms with E-state index in [0.717, 1.165) is 15.4 Å². The number of rotatable bonds is 14. The van der Waals surface area contributed by atoms with Crippen molar-refractivity contribution in [3.05, 3.63) is 132 Å². The lowest BCUT2D eigenvalue weighted by atomic mass is 10.0. The number of carbonyl (C=O) groups is 2. The van der Waals surface area contributed by atoms with Gasteiger partial charge in [0, 0.05) is 19.0 Å². The minimum atomic E-state index is -4.19. The Labute approximate surface area is 272 Å². The predicted octanol–water partition coefficient (Wildman–Crippen LogP) is 6.70. The molecule has 0 saturated heterocycles. The molecule has 0 aliphatic heterocycles. The van der Waals surface area contributed by atoms with Crippen molar-refractivity contribution < 1.29 is 22.4 Å². The maximum absolute atomic E-state index is 14.5. The second-order valence-electron chi connectivity index (χ2n) is 11.7. The maximum atomic E-state index is 14.5. The first-order valence-corrected chi connectivity index (χ1v) is 17.0. The van der Waals surface area contributed by atoms with E-state index in [4.69, 9.17) is 0 Å². The van der Waals surface area contributed by atoms with Gasteiger partial charge in [-0.05, 0) is 72.4 Å². The molecule has 46 heavy (non-hydrogen) atoms. The molecule has 0 aliphatic rings. The van der Waals surface area contributed by atoms with Crippen LogP contribution in [0.5, 0.6) is 0 Å². The molecule has 0 bridgehead atoms.